The molecule has 37 heavy (non-hydrogen) atoms. The van der Waals surface area contributed by atoms with E-state index in [0.29, 0.717) is 28.1 Å². The van der Waals surface area contributed by atoms with Gasteiger partial charge in [-0.1, -0.05) is 48.5 Å². The van der Waals surface area contributed by atoms with Gasteiger partial charge in [0.25, 0.3) is 5.56 Å². The van der Waals surface area contributed by atoms with Crippen LogP contribution < -0.4 is 5.56 Å². The molecule has 0 unspecified atom stereocenters. The molecule has 6 aromatic rings. The number of carbonyl (C=O) groups is 1. The zero-order valence-electron chi connectivity index (χ0n) is 20.2. The molecule has 6 rings (SSSR count). The summed E-state index contributed by atoms with van der Waals surface area (Å²) in [4.78, 5) is 30.4. The molecule has 0 saturated carbocycles. The number of nitrogens with zero attached hydrogens (tertiary/aromatic N) is 4. The maximum Gasteiger partial charge on any atom is 0.325 e. The summed E-state index contributed by atoms with van der Waals surface area (Å²) in [6.07, 6.45) is 1.63. The Morgan fingerprint density at radius 3 is 2.57 bits per heavy atom. The lowest BCUT2D eigenvalue weighted by molar-refractivity contribution is -0.141. The number of esters is 1. The molecule has 3 aromatic carbocycles. The number of benzene rings is 3. The molecule has 3 aromatic heterocycles. The van der Waals surface area contributed by atoms with Crippen LogP contribution in [0, 0.1) is 6.92 Å². The van der Waals surface area contributed by atoms with Crippen molar-refractivity contribution < 1.29 is 13.9 Å². The summed E-state index contributed by atoms with van der Waals surface area (Å²) < 4.78 is 14.1. The second-order valence-electron chi connectivity index (χ2n) is 8.64. The van der Waals surface area contributed by atoms with Crippen molar-refractivity contribution in [1.82, 2.24) is 14.2 Å². The van der Waals surface area contributed by atoms with Crippen molar-refractivity contribution in [1.29, 1.82) is 0 Å². The topological polar surface area (TPSA) is 91.6 Å². The third kappa shape index (κ3) is 3.79. The molecule has 0 aliphatic rings. The number of methoxy groups -OCH3 is 1. The second kappa shape index (κ2) is 8.91. The Morgan fingerprint density at radius 1 is 1.03 bits per heavy atom. The first-order valence-electron chi connectivity index (χ1n) is 11.7. The average molecular weight is 491 g/mol. The lowest BCUT2D eigenvalue weighted by Crippen LogP contribution is -2.20. The summed E-state index contributed by atoms with van der Waals surface area (Å²) in [6, 6.07) is 24.4. The molecule has 0 bridgehead atoms. The molecule has 3 heterocycles. The Morgan fingerprint density at radius 2 is 1.76 bits per heavy atom. The smallest absolute Gasteiger partial charge is 0.325 e. The van der Waals surface area contributed by atoms with Crippen LogP contribution in [-0.4, -0.2) is 33.5 Å². The maximum absolute atomic E-state index is 13.6. The van der Waals surface area contributed by atoms with Crippen LogP contribution in [0.2, 0.25) is 0 Å². The maximum atomic E-state index is 13.6. The highest BCUT2D eigenvalue weighted by molar-refractivity contribution is 6.01. The molecule has 0 N–H and O–H groups in total. The normalized spacial score (nSPS) is 11.7. The fourth-order valence-corrected chi connectivity index (χ4v) is 4.62. The first kappa shape index (κ1) is 22.5. The minimum atomic E-state index is -0.352. The second-order valence-corrected chi connectivity index (χ2v) is 8.64. The van der Waals surface area contributed by atoms with Crippen LogP contribution in [0.1, 0.15) is 11.3 Å². The fourth-order valence-electron chi connectivity index (χ4n) is 4.62. The molecular formula is C29H22N4O4. The molecule has 0 spiro atoms. The summed E-state index contributed by atoms with van der Waals surface area (Å²) in [6.45, 7) is 1.98. The highest BCUT2D eigenvalue weighted by Crippen LogP contribution is 2.28. The van der Waals surface area contributed by atoms with E-state index < -0.39 is 0 Å². The highest BCUT2D eigenvalue weighted by Gasteiger charge is 2.18. The van der Waals surface area contributed by atoms with Crippen molar-refractivity contribution in [3.8, 4) is 11.6 Å². The molecule has 0 radical (unpaired) electrons. The summed E-state index contributed by atoms with van der Waals surface area (Å²) in [5, 5.41) is 6.87. The van der Waals surface area contributed by atoms with E-state index in [2.05, 4.69) is 5.10 Å². The largest absolute Gasteiger partial charge is 0.468 e. The molecular weight excluding hydrogens is 468 g/mol. The van der Waals surface area contributed by atoms with Crippen molar-refractivity contribution in [3.63, 3.8) is 0 Å². The lowest BCUT2D eigenvalue weighted by Gasteiger charge is -2.08. The van der Waals surface area contributed by atoms with Gasteiger partial charge < -0.3 is 13.7 Å². The molecule has 8 heteroatoms. The summed E-state index contributed by atoms with van der Waals surface area (Å²) in [5.41, 5.74) is 3.41. The number of hydrogen-bond acceptors (Lipinski definition) is 6. The third-order valence-electron chi connectivity index (χ3n) is 6.50. The molecule has 0 saturated heterocycles. The van der Waals surface area contributed by atoms with Gasteiger partial charge in [0.1, 0.15) is 12.1 Å². The predicted octanol–water partition coefficient (Wildman–Crippen LogP) is 5.13. The van der Waals surface area contributed by atoms with E-state index in [-0.39, 0.29) is 18.1 Å². The molecule has 0 aliphatic carbocycles. The standard InChI is InChI=1S/C29H22N4O4/c1-18-22(20-10-5-7-13-24(20)32(18)17-27(34)36-2)16-30-33-28(26-15-19-9-3-8-14-25(19)37-26)31-23-12-6-4-11-21(23)29(33)35/h3-16H,17H2,1-2H3. The minimum Gasteiger partial charge on any atom is -0.468 e. The number of ether oxygens (including phenoxy) is 1. The SMILES string of the molecule is COC(=O)Cn1c(C)c(C=Nn2c(-c3cc4ccccc4o3)nc3ccccc3c2=O)c2ccccc21. The van der Waals surface area contributed by atoms with Gasteiger partial charge in [-0.15, -0.1) is 0 Å². The van der Waals surface area contributed by atoms with Crippen molar-refractivity contribution in [3.05, 3.63) is 100 Å². The monoisotopic (exact) mass is 490 g/mol. The Balaban J connectivity index is 1.56. The number of aromatic nitrogens is 3. The first-order chi connectivity index (χ1) is 18.0. The summed E-state index contributed by atoms with van der Waals surface area (Å²) >= 11 is 0. The van der Waals surface area contributed by atoms with E-state index in [1.165, 1.54) is 11.8 Å². The molecule has 8 nitrogen and oxygen atoms in total. The number of carbonyl (C=O) groups excluding carboxylic acids is 1. The molecule has 0 atom stereocenters. The van der Waals surface area contributed by atoms with E-state index in [9.17, 15) is 9.59 Å². The van der Waals surface area contributed by atoms with Crippen molar-refractivity contribution >= 4 is 45.0 Å². The molecule has 0 fully saturated rings. The quantitative estimate of drug-likeness (QED) is 0.247. The van der Waals surface area contributed by atoms with Crippen LogP contribution in [0.25, 0.3) is 44.4 Å². The number of fused-ring (bicyclic) bond motifs is 3. The molecule has 182 valence electrons. The Kier molecular flexibility index (Phi) is 5.41. The van der Waals surface area contributed by atoms with E-state index in [1.54, 1.807) is 24.4 Å². The van der Waals surface area contributed by atoms with E-state index in [4.69, 9.17) is 14.1 Å². The summed E-state index contributed by atoms with van der Waals surface area (Å²) in [5.74, 6) is 0.382. The van der Waals surface area contributed by atoms with Crippen LogP contribution in [0.3, 0.4) is 0 Å². The van der Waals surface area contributed by atoms with Gasteiger partial charge in [-0.2, -0.15) is 9.78 Å². The van der Waals surface area contributed by atoms with Crippen molar-refractivity contribution in [2.45, 2.75) is 13.5 Å². The third-order valence-corrected chi connectivity index (χ3v) is 6.50. The van der Waals surface area contributed by atoms with Gasteiger partial charge in [0.2, 0.25) is 5.82 Å². The predicted molar refractivity (Wildman–Crippen MR) is 143 cm³/mol. The van der Waals surface area contributed by atoms with Crippen LogP contribution in [-0.2, 0) is 16.1 Å². The first-order valence-corrected chi connectivity index (χ1v) is 11.7. The Hall–Kier alpha value is -4.98. The number of hydrogen-bond donors (Lipinski definition) is 0. The van der Waals surface area contributed by atoms with Gasteiger partial charge in [0.15, 0.2) is 5.76 Å². The van der Waals surface area contributed by atoms with Crippen molar-refractivity contribution in [2.24, 2.45) is 5.10 Å². The van der Waals surface area contributed by atoms with E-state index >= 15 is 0 Å². The van der Waals surface area contributed by atoms with Crippen LogP contribution in [0.15, 0.2) is 93.2 Å². The van der Waals surface area contributed by atoms with Crippen molar-refractivity contribution in [2.75, 3.05) is 7.11 Å². The van der Waals surface area contributed by atoms with Crippen LogP contribution >= 0.6 is 0 Å². The number of rotatable bonds is 5. The number of para-hydroxylation sites is 3. The van der Waals surface area contributed by atoms with Gasteiger partial charge in [-0.05, 0) is 37.3 Å². The Labute approximate surface area is 211 Å². The van der Waals surface area contributed by atoms with Gasteiger partial charge in [0, 0.05) is 27.5 Å². The zero-order valence-corrected chi connectivity index (χ0v) is 20.2. The minimum absolute atomic E-state index is 0.0679. The van der Waals surface area contributed by atoms with E-state index in [1.807, 2.05) is 72.2 Å². The highest BCUT2D eigenvalue weighted by atomic mass is 16.5. The van der Waals surface area contributed by atoms with Gasteiger partial charge >= 0.3 is 5.97 Å². The van der Waals surface area contributed by atoms with Gasteiger partial charge in [-0.25, -0.2) is 4.98 Å². The van der Waals surface area contributed by atoms with E-state index in [0.717, 1.165) is 27.5 Å². The summed E-state index contributed by atoms with van der Waals surface area (Å²) in [7, 11) is 1.37. The molecule has 0 amide bonds. The molecule has 0 aliphatic heterocycles. The Bertz CT molecular complexity index is 1880. The van der Waals surface area contributed by atoms with Crippen LogP contribution in [0.5, 0.6) is 0 Å². The average Bonchev–Trinajstić information content (AvgIpc) is 3.47. The zero-order chi connectivity index (χ0) is 25.5. The number of furan rings is 1. The van der Waals surface area contributed by atoms with Gasteiger partial charge in [-0.3, -0.25) is 9.59 Å². The fraction of sp³-hybridized carbons (Fsp3) is 0.103. The van der Waals surface area contributed by atoms with Gasteiger partial charge in [0.05, 0.1) is 24.2 Å². The van der Waals surface area contributed by atoms with Crippen LogP contribution in [0.4, 0.5) is 0 Å². The lowest BCUT2D eigenvalue weighted by atomic mass is 10.1.